The molecule has 12 heavy (non-hydrogen) atoms. The summed E-state index contributed by atoms with van der Waals surface area (Å²) in [6, 6.07) is 5.21. The third kappa shape index (κ3) is 1.81. The van der Waals surface area contributed by atoms with Crippen molar-refractivity contribution in [1.29, 1.82) is 5.26 Å². The van der Waals surface area contributed by atoms with Crippen LogP contribution >= 0.6 is 15.9 Å². The van der Waals surface area contributed by atoms with Gasteiger partial charge in [-0.1, -0.05) is 22.0 Å². The van der Waals surface area contributed by atoms with Gasteiger partial charge in [-0.05, 0) is 17.7 Å². The highest BCUT2D eigenvalue weighted by Gasteiger charge is 2.08. The average molecular weight is 229 g/mol. The Morgan fingerprint density at radius 1 is 1.58 bits per heavy atom. The fourth-order valence-electron chi connectivity index (χ4n) is 0.823. The number of hydrogen-bond acceptors (Lipinski definition) is 2. The molecule has 1 atom stereocenters. The van der Waals surface area contributed by atoms with E-state index in [0.29, 0.717) is 10.0 Å². The Bertz CT molecular complexity index is 332. The lowest BCUT2D eigenvalue weighted by Crippen LogP contribution is -2.07. The number of nitriles is 1. The highest BCUT2D eigenvalue weighted by molar-refractivity contribution is 9.10. The summed E-state index contributed by atoms with van der Waals surface area (Å²) < 4.78 is 13.1. The molecule has 4 heteroatoms. The van der Waals surface area contributed by atoms with E-state index in [1.54, 1.807) is 0 Å². The lowest BCUT2D eigenvalue weighted by molar-refractivity contribution is 0.625. The van der Waals surface area contributed by atoms with E-state index < -0.39 is 6.04 Å². The first-order valence-electron chi connectivity index (χ1n) is 3.25. The summed E-state index contributed by atoms with van der Waals surface area (Å²) in [6.07, 6.45) is 0. The number of rotatable bonds is 1. The molecule has 0 aliphatic heterocycles. The van der Waals surface area contributed by atoms with Crippen LogP contribution in [-0.2, 0) is 0 Å². The number of nitrogens with two attached hydrogens (primary N) is 1. The predicted octanol–water partition coefficient (Wildman–Crippen LogP) is 2.11. The first kappa shape index (κ1) is 9.17. The molecule has 0 saturated carbocycles. The van der Waals surface area contributed by atoms with Gasteiger partial charge in [-0.2, -0.15) is 5.26 Å². The van der Waals surface area contributed by atoms with E-state index >= 15 is 0 Å². The van der Waals surface area contributed by atoms with Crippen molar-refractivity contribution in [2.24, 2.45) is 5.73 Å². The summed E-state index contributed by atoms with van der Waals surface area (Å²) in [5, 5.41) is 8.49. The summed E-state index contributed by atoms with van der Waals surface area (Å²) >= 11 is 3.12. The second-order valence-corrected chi connectivity index (χ2v) is 3.13. The van der Waals surface area contributed by atoms with E-state index in [4.69, 9.17) is 11.0 Å². The summed E-state index contributed by atoms with van der Waals surface area (Å²) in [5.74, 6) is -0.351. The van der Waals surface area contributed by atoms with Crippen molar-refractivity contribution < 1.29 is 4.39 Å². The van der Waals surface area contributed by atoms with Crippen LogP contribution in [0.15, 0.2) is 22.7 Å². The molecule has 1 aromatic rings. The Morgan fingerprint density at radius 3 is 2.75 bits per heavy atom. The molecular formula is C8H6BrFN2. The number of benzene rings is 1. The summed E-state index contributed by atoms with van der Waals surface area (Å²) in [6.45, 7) is 0. The van der Waals surface area contributed by atoms with Crippen molar-refractivity contribution in [3.8, 4) is 6.07 Å². The fourth-order valence-corrected chi connectivity index (χ4v) is 1.42. The SMILES string of the molecule is N#CC(N)c1ccc(F)cc1Br. The van der Waals surface area contributed by atoms with Crippen molar-refractivity contribution in [2.45, 2.75) is 6.04 Å². The zero-order valence-electron chi connectivity index (χ0n) is 6.09. The summed E-state index contributed by atoms with van der Waals surface area (Å²) in [7, 11) is 0. The van der Waals surface area contributed by atoms with Crippen molar-refractivity contribution in [3.63, 3.8) is 0 Å². The van der Waals surface area contributed by atoms with Gasteiger partial charge in [0, 0.05) is 4.47 Å². The zero-order valence-corrected chi connectivity index (χ0v) is 7.68. The Balaban J connectivity index is 3.11. The quantitative estimate of drug-likeness (QED) is 0.801. The Labute approximate surface area is 77.9 Å². The highest BCUT2D eigenvalue weighted by Crippen LogP contribution is 2.22. The van der Waals surface area contributed by atoms with E-state index in [-0.39, 0.29) is 5.82 Å². The van der Waals surface area contributed by atoms with E-state index in [0.717, 1.165) is 0 Å². The normalized spacial score (nSPS) is 12.2. The summed E-state index contributed by atoms with van der Waals surface area (Å²) in [4.78, 5) is 0. The van der Waals surface area contributed by atoms with Crippen LogP contribution in [0.2, 0.25) is 0 Å². The fraction of sp³-hybridized carbons (Fsp3) is 0.125. The topological polar surface area (TPSA) is 49.8 Å². The molecule has 0 spiro atoms. The maximum Gasteiger partial charge on any atom is 0.124 e. The Kier molecular flexibility index (Phi) is 2.79. The van der Waals surface area contributed by atoms with Crippen LogP contribution in [0.1, 0.15) is 11.6 Å². The molecular weight excluding hydrogens is 223 g/mol. The van der Waals surface area contributed by atoms with Crippen LogP contribution in [0.5, 0.6) is 0 Å². The third-order valence-electron chi connectivity index (χ3n) is 1.44. The molecule has 0 amide bonds. The lowest BCUT2D eigenvalue weighted by Gasteiger charge is -2.04. The molecule has 62 valence electrons. The minimum atomic E-state index is -0.708. The van der Waals surface area contributed by atoms with Crippen LogP contribution in [0.25, 0.3) is 0 Å². The molecule has 0 bridgehead atoms. The maximum absolute atomic E-state index is 12.6. The molecule has 0 saturated heterocycles. The molecule has 1 unspecified atom stereocenters. The van der Waals surface area contributed by atoms with Crippen molar-refractivity contribution in [2.75, 3.05) is 0 Å². The molecule has 0 aromatic heterocycles. The highest BCUT2D eigenvalue weighted by atomic mass is 79.9. The van der Waals surface area contributed by atoms with Crippen LogP contribution in [0.4, 0.5) is 4.39 Å². The minimum absolute atomic E-state index is 0.351. The lowest BCUT2D eigenvalue weighted by atomic mass is 10.1. The molecule has 0 fully saturated rings. The van der Waals surface area contributed by atoms with Gasteiger partial charge in [0.05, 0.1) is 6.07 Å². The number of hydrogen-bond donors (Lipinski definition) is 1. The van der Waals surface area contributed by atoms with E-state index in [9.17, 15) is 4.39 Å². The third-order valence-corrected chi connectivity index (χ3v) is 2.12. The van der Waals surface area contributed by atoms with Crippen molar-refractivity contribution in [1.82, 2.24) is 0 Å². The van der Waals surface area contributed by atoms with Crippen LogP contribution in [0, 0.1) is 17.1 Å². The van der Waals surface area contributed by atoms with Gasteiger partial charge in [0.25, 0.3) is 0 Å². The van der Waals surface area contributed by atoms with Crippen LogP contribution in [-0.4, -0.2) is 0 Å². The Morgan fingerprint density at radius 2 is 2.25 bits per heavy atom. The van der Waals surface area contributed by atoms with Gasteiger partial charge >= 0.3 is 0 Å². The Hall–Kier alpha value is -0.920. The standard InChI is InChI=1S/C8H6BrFN2/c9-7-3-5(10)1-2-6(7)8(12)4-11/h1-3,8H,12H2. The molecule has 1 rings (SSSR count). The van der Waals surface area contributed by atoms with Gasteiger partial charge in [-0.25, -0.2) is 4.39 Å². The monoisotopic (exact) mass is 228 g/mol. The molecule has 0 radical (unpaired) electrons. The van der Waals surface area contributed by atoms with Gasteiger partial charge in [0.1, 0.15) is 11.9 Å². The first-order chi connectivity index (χ1) is 5.65. The average Bonchev–Trinajstić information content (AvgIpc) is 2.03. The minimum Gasteiger partial charge on any atom is -0.312 e. The predicted molar refractivity (Wildman–Crippen MR) is 46.6 cm³/mol. The largest absolute Gasteiger partial charge is 0.312 e. The smallest absolute Gasteiger partial charge is 0.124 e. The zero-order chi connectivity index (χ0) is 9.14. The van der Waals surface area contributed by atoms with E-state index in [1.165, 1.54) is 18.2 Å². The molecule has 0 heterocycles. The number of nitrogens with zero attached hydrogens (tertiary/aromatic N) is 1. The molecule has 2 N–H and O–H groups in total. The van der Waals surface area contributed by atoms with E-state index in [2.05, 4.69) is 15.9 Å². The van der Waals surface area contributed by atoms with Gasteiger partial charge in [-0.3, -0.25) is 0 Å². The molecule has 0 aliphatic carbocycles. The summed E-state index contributed by atoms with van der Waals surface area (Å²) in [5.41, 5.74) is 6.03. The maximum atomic E-state index is 12.6. The second-order valence-electron chi connectivity index (χ2n) is 2.27. The van der Waals surface area contributed by atoms with Gasteiger partial charge in [-0.15, -0.1) is 0 Å². The number of halogens is 2. The molecule has 0 aliphatic rings. The molecule has 2 nitrogen and oxygen atoms in total. The van der Waals surface area contributed by atoms with Crippen LogP contribution < -0.4 is 5.73 Å². The van der Waals surface area contributed by atoms with Gasteiger partial charge in [0.15, 0.2) is 0 Å². The van der Waals surface area contributed by atoms with Crippen LogP contribution in [0.3, 0.4) is 0 Å². The van der Waals surface area contributed by atoms with Crippen molar-refractivity contribution >= 4 is 15.9 Å². The van der Waals surface area contributed by atoms with Crippen molar-refractivity contribution in [3.05, 3.63) is 34.1 Å². The van der Waals surface area contributed by atoms with Gasteiger partial charge < -0.3 is 5.73 Å². The first-order valence-corrected chi connectivity index (χ1v) is 4.04. The molecule has 1 aromatic carbocycles. The van der Waals surface area contributed by atoms with E-state index in [1.807, 2.05) is 6.07 Å². The second kappa shape index (κ2) is 3.65. The van der Waals surface area contributed by atoms with Gasteiger partial charge in [0.2, 0.25) is 0 Å².